The Bertz CT molecular complexity index is 850. The van der Waals surface area contributed by atoms with Gasteiger partial charge < -0.3 is 19.7 Å². The zero-order valence-corrected chi connectivity index (χ0v) is 15.8. The van der Waals surface area contributed by atoms with Crippen LogP contribution >= 0.6 is 0 Å². The number of carbonyl (C=O) groups is 2. The maximum absolute atomic E-state index is 13.0. The molecule has 6 nitrogen and oxygen atoms in total. The molecule has 142 valence electrons. The van der Waals surface area contributed by atoms with Crippen molar-refractivity contribution < 1.29 is 19.1 Å². The minimum absolute atomic E-state index is 0.0437. The van der Waals surface area contributed by atoms with Gasteiger partial charge in [0.2, 0.25) is 11.8 Å². The highest BCUT2D eigenvalue weighted by atomic mass is 16.5. The number of amides is 2. The first kappa shape index (κ1) is 18.8. The molecule has 27 heavy (non-hydrogen) atoms. The van der Waals surface area contributed by atoms with E-state index in [1.165, 1.54) is 0 Å². The molecule has 6 heteroatoms. The van der Waals surface area contributed by atoms with Crippen LogP contribution in [0.2, 0.25) is 0 Å². The SMILES string of the molecule is COc1ccc(CCN(C)C(=O)C2CC(=O)Nc3ccccc32)cc1OC. The number of nitrogens with one attached hydrogen (secondary N) is 1. The number of fused-ring (bicyclic) bond motifs is 1. The van der Waals surface area contributed by atoms with Gasteiger partial charge in [-0.05, 0) is 35.7 Å². The summed E-state index contributed by atoms with van der Waals surface area (Å²) < 4.78 is 10.6. The number of anilines is 1. The van der Waals surface area contributed by atoms with Gasteiger partial charge in [-0.3, -0.25) is 9.59 Å². The summed E-state index contributed by atoms with van der Waals surface area (Å²) in [5.41, 5.74) is 2.65. The average molecular weight is 368 g/mol. The highest BCUT2D eigenvalue weighted by molar-refractivity contribution is 6.01. The van der Waals surface area contributed by atoms with Gasteiger partial charge in [0, 0.05) is 25.7 Å². The predicted molar refractivity (Wildman–Crippen MR) is 103 cm³/mol. The van der Waals surface area contributed by atoms with E-state index >= 15 is 0 Å². The molecule has 2 amide bonds. The Hall–Kier alpha value is -3.02. The quantitative estimate of drug-likeness (QED) is 0.851. The lowest BCUT2D eigenvalue weighted by molar-refractivity contribution is -0.133. The van der Waals surface area contributed by atoms with Crippen LogP contribution in [0.25, 0.3) is 0 Å². The number of nitrogens with zero attached hydrogens (tertiary/aromatic N) is 1. The molecule has 1 atom stereocenters. The first-order chi connectivity index (χ1) is 13.0. The second-order valence-electron chi connectivity index (χ2n) is 6.59. The van der Waals surface area contributed by atoms with Crippen LogP contribution in [0.3, 0.4) is 0 Å². The molecule has 0 bridgehead atoms. The Kier molecular flexibility index (Phi) is 5.64. The van der Waals surface area contributed by atoms with E-state index in [1.807, 2.05) is 42.5 Å². The van der Waals surface area contributed by atoms with Crippen LogP contribution < -0.4 is 14.8 Å². The van der Waals surface area contributed by atoms with Gasteiger partial charge in [0.05, 0.1) is 20.1 Å². The summed E-state index contributed by atoms with van der Waals surface area (Å²) in [6, 6.07) is 13.2. The van der Waals surface area contributed by atoms with E-state index in [4.69, 9.17) is 9.47 Å². The van der Waals surface area contributed by atoms with Gasteiger partial charge in [-0.1, -0.05) is 24.3 Å². The van der Waals surface area contributed by atoms with Crippen molar-refractivity contribution in [2.75, 3.05) is 33.1 Å². The average Bonchev–Trinajstić information content (AvgIpc) is 2.70. The molecule has 0 radical (unpaired) electrons. The standard InChI is InChI=1S/C21H24N2O4/c1-23(11-10-14-8-9-18(26-2)19(12-14)27-3)21(25)16-13-20(24)22-17-7-5-4-6-15(16)17/h4-9,12,16H,10-11,13H2,1-3H3,(H,22,24). The van der Waals surface area contributed by atoms with Crippen LogP contribution in [-0.2, 0) is 16.0 Å². The van der Waals surface area contributed by atoms with E-state index < -0.39 is 5.92 Å². The number of para-hydroxylation sites is 1. The Balaban J connectivity index is 1.69. The number of benzene rings is 2. The van der Waals surface area contributed by atoms with Crippen LogP contribution in [0.15, 0.2) is 42.5 Å². The Morgan fingerprint density at radius 3 is 2.63 bits per heavy atom. The first-order valence-electron chi connectivity index (χ1n) is 8.88. The summed E-state index contributed by atoms with van der Waals surface area (Å²) in [5.74, 6) is 0.737. The van der Waals surface area contributed by atoms with E-state index in [0.717, 1.165) is 16.8 Å². The minimum Gasteiger partial charge on any atom is -0.493 e. The number of ether oxygens (including phenoxy) is 2. The van der Waals surface area contributed by atoms with Gasteiger partial charge >= 0.3 is 0 Å². The van der Waals surface area contributed by atoms with E-state index in [0.29, 0.717) is 24.5 Å². The molecule has 1 N–H and O–H groups in total. The van der Waals surface area contributed by atoms with Crippen molar-refractivity contribution in [1.29, 1.82) is 0 Å². The van der Waals surface area contributed by atoms with Crippen molar-refractivity contribution in [2.24, 2.45) is 0 Å². The highest BCUT2D eigenvalue weighted by Crippen LogP contribution is 2.33. The lowest BCUT2D eigenvalue weighted by Gasteiger charge is -2.28. The lowest BCUT2D eigenvalue weighted by Crippen LogP contribution is -2.37. The molecule has 0 spiro atoms. The third kappa shape index (κ3) is 4.05. The fourth-order valence-electron chi connectivity index (χ4n) is 3.34. The molecular weight excluding hydrogens is 344 g/mol. The van der Waals surface area contributed by atoms with Crippen molar-refractivity contribution in [3.05, 3.63) is 53.6 Å². The third-order valence-electron chi connectivity index (χ3n) is 4.86. The minimum atomic E-state index is -0.439. The molecule has 0 fully saturated rings. The smallest absolute Gasteiger partial charge is 0.230 e. The maximum Gasteiger partial charge on any atom is 0.230 e. The van der Waals surface area contributed by atoms with Crippen LogP contribution in [0, 0.1) is 0 Å². The number of hydrogen-bond donors (Lipinski definition) is 1. The molecule has 2 aromatic rings. The second kappa shape index (κ2) is 8.12. The molecule has 1 aliphatic rings. The molecule has 1 heterocycles. The lowest BCUT2D eigenvalue weighted by atomic mass is 9.89. The topological polar surface area (TPSA) is 67.9 Å². The summed E-state index contributed by atoms with van der Waals surface area (Å²) in [6.07, 6.45) is 0.861. The molecule has 0 saturated heterocycles. The van der Waals surface area contributed by atoms with E-state index in [-0.39, 0.29) is 18.2 Å². The fourth-order valence-corrected chi connectivity index (χ4v) is 3.34. The number of rotatable bonds is 6. The van der Waals surface area contributed by atoms with Crippen molar-refractivity contribution in [2.45, 2.75) is 18.8 Å². The highest BCUT2D eigenvalue weighted by Gasteiger charge is 2.32. The van der Waals surface area contributed by atoms with Crippen molar-refractivity contribution >= 4 is 17.5 Å². The Morgan fingerprint density at radius 2 is 1.89 bits per heavy atom. The van der Waals surface area contributed by atoms with Crippen LogP contribution in [-0.4, -0.2) is 44.5 Å². The first-order valence-corrected chi connectivity index (χ1v) is 8.88. The zero-order valence-electron chi connectivity index (χ0n) is 15.8. The van der Waals surface area contributed by atoms with Gasteiger partial charge in [-0.2, -0.15) is 0 Å². The summed E-state index contributed by atoms with van der Waals surface area (Å²) in [4.78, 5) is 26.6. The largest absolute Gasteiger partial charge is 0.493 e. The van der Waals surface area contributed by atoms with Crippen molar-refractivity contribution in [3.8, 4) is 11.5 Å². The van der Waals surface area contributed by atoms with Crippen molar-refractivity contribution in [1.82, 2.24) is 4.90 Å². The Labute approximate surface area is 159 Å². The fraction of sp³-hybridized carbons (Fsp3) is 0.333. The normalized spacial score (nSPS) is 15.5. The summed E-state index contributed by atoms with van der Waals surface area (Å²) in [7, 11) is 4.98. The molecular formula is C21H24N2O4. The molecule has 1 aliphatic heterocycles. The van der Waals surface area contributed by atoms with Crippen LogP contribution in [0.5, 0.6) is 11.5 Å². The van der Waals surface area contributed by atoms with Gasteiger partial charge in [-0.25, -0.2) is 0 Å². The summed E-state index contributed by atoms with van der Waals surface area (Å²) >= 11 is 0. The molecule has 3 rings (SSSR count). The molecule has 1 unspecified atom stereocenters. The zero-order chi connectivity index (χ0) is 19.4. The molecule has 0 aromatic heterocycles. The number of likely N-dealkylation sites (N-methyl/N-ethyl adjacent to an activating group) is 1. The van der Waals surface area contributed by atoms with Gasteiger partial charge in [-0.15, -0.1) is 0 Å². The Morgan fingerprint density at radius 1 is 1.15 bits per heavy atom. The van der Waals surface area contributed by atoms with E-state index in [1.54, 1.807) is 26.2 Å². The monoisotopic (exact) mass is 368 g/mol. The van der Waals surface area contributed by atoms with Crippen LogP contribution in [0.4, 0.5) is 5.69 Å². The van der Waals surface area contributed by atoms with E-state index in [2.05, 4.69) is 5.32 Å². The van der Waals surface area contributed by atoms with Crippen molar-refractivity contribution in [3.63, 3.8) is 0 Å². The predicted octanol–water partition coefficient (Wildman–Crippen LogP) is 2.83. The summed E-state index contributed by atoms with van der Waals surface area (Å²) in [5, 5.41) is 2.83. The van der Waals surface area contributed by atoms with Gasteiger partial charge in [0.1, 0.15) is 0 Å². The third-order valence-corrected chi connectivity index (χ3v) is 4.86. The molecule has 2 aromatic carbocycles. The maximum atomic E-state index is 13.0. The second-order valence-corrected chi connectivity index (χ2v) is 6.59. The van der Waals surface area contributed by atoms with E-state index in [9.17, 15) is 9.59 Å². The van der Waals surface area contributed by atoms with Crippen LogP contribution in [0.1, 0.15) is 23.5 Å². The number of hydrogen-bond acceptors (Lipinski definition) is 4. The number of carbonyl (C=O) groups excluding carboxylic acids is 2. The van der Waals surface area contributed by atoms with Gasteiger partial charge in [0.25, 0.3) is 0 Å². The number of methoxy groups -OCH3 is 2. The molecule has 0 aliphatic carbocycles. The van der Waals surface area contributed by atoms with Gasteiger partial charge in [0.15, 0.2) is 11.5 Å². The molecule has 0 saturated carbocycles. The summed E-state index contributed by atoms with van der Waals surface area (Å²) in [6.45, 7) is 0.550.